The zero-order valence-corrected chi connectivity index (χ0v) is 12.1. The van der Waals surface area contributed by atoms with Crippen molar-refractivity contribution < 1.29 is 29.7 Å². The third kappa shape index (κ3) is 3.71. The van der Waals surface area contributed by atoms with E-state index in [0.29, 0.717) is 0 Å². The fourth-order valence-corrected chi connectivity index (χ4v) is 1.96. The maximum Gasteiger partial charge on any atom is 0.352 e. The second-order valence-electron chi connectivity index (χ2n) is 4.12. The number of aliphatic carboxylic acids is 1. The number of carboxylic acid groups (broad SMARTS) is 1. The summed E-state index contributed by atoms with van der Waals surface area (Å²) in [4.78, 5) is 30.8. The molecule has 0 aliphatic heterocycles. The van der Waals surface area contributed by atoms with Gasteiger partial charge in [-0.25, -0.2) is 4.79 Å². The standard InChI is InChI=1S/C12H10N4O6S/c13-12-14-10(16-23-12)6(4-17)15-22-9(11(20)21)5-1-2-7(18)8(19)3-5/h1-4,9,18-19H,(H,20,21)(H2,13,14,16). The minimum Gasteiger partial charge on any atom is -0.504 e. The molecule has 1 atom stereocenters. The predicted octanol–water partition coefficient (Wildman–Crippen LogP) is 0.277. The summed E-state index contributed by atoms with van der Waals surface area (Å²) < 4.78 is 3.75. The monoisotopic (exact) mass is 338 g/mol. The number of carbonyl (C=O) groups is 2. The van der Waals surface area contributed by atoms with Crippen LogP contribution in [0.15, 0.2) is 23.4 Å². The van der Waals surface area contributed by atoms with E-state index >= 15 is 0 Å². The molecule has 2 rings (SSSR count). The van der Waals surface area contributed by atoms with Gasteiger partial charge in [-0.3, -0.25) is 4.79 Å². The van der Waals surface area contributed by atoms with Crippen molar-refractivity contribution in [2.45, 2.75) is 6.10 Å². The Morgan fingerprint density at radius 2 is 2.13 bits per heavy atom. The topological polar surface area (TPSA) is 168 Å². The lowest BCUT2D eigenvalue weighted by Crippen LogP contribution is -2.15. The first-order valence-electron chi connectivity index (χ1n) is 5.95. The molecule has 0 bridgehead atoms. The number of phenols is 2. The van der Waals surface area contributed by atoms with Gasteiger partial charge in [0, 0.05) is 17.1 Å². The average molecular weight is 338 g/mol. The number of carboxylic acids is 1. The Morgan fingerprint density at radius 3 is 2.65 bits per heavy atom. The molecule has 0 fully saturated rings. The first-order chi connectivity index (χ1) is 10.9. The minimum atomic E-state index is -1.62. The zero-order valence-electron chi connectivity index (χ0n) is 11.3. The summed E-state index contributed by atoms with van der Waals surface area (Å²) >= 11 is 0.833. The Kier molecular flexibility index (Phi) is 4.71. The van der Waals surface area contributed by atoms with Crippen LogP contribution in [0.4, 0.5) is 5.13 Å². The number of aldehydes is 1. The van der Waals surface area contributed by atoms with Crippen LogP contribution >= 0.6 is 11.5 Å². The van der Waals surface area contributed by atoms with E-state index in [1.807, 2.05) is 0 Å². The number of nitrogens with zero attached hydrogens (tertiary/aromatic N) is 3. The van der Waals surface area contributed by atoms with E-state index in [0.717, 1.165) is 23.7 Å². The number of carbonyl (C=O) groups excluding carboxylic acids is 1. The highest BCUT2D eigenvalue weighted by Gasteiger charge is 2.24. The van der Waals surface area contributed by atoms with E-state index in [2.05, 4.69) is 14.5 Å². The fourth-order valence-electron chi connectivity index (χ4n) is 1.52. The van der Waals surface area contributed by atoms with Crippen LogP contribution in [0, 0.1) is 0 Å². The van der Waals surface area contributed by atoms with Crippen LogP contribution < -0.4 is 5.73 Å². The maximum atomic E-state index is 11.3. The second-order valence-corrected chi connectivity index (χ2v) is 4.91. The van der Waals surface area contributed by atoms with Gasteiger partial charge in [-0.2, -0.15) is 9.36 Å². The summed E-state index contributed by atoms with van der Waals surface area (Å²) in [7, 11) is 0. The molecule has 0 spiro atoms. The maximum absolute atomic E-state index is 11.3. The number of hydrogen-bond acceptors (Lipinski definition) is 10. The number of aromatic nitrogens is 2. The first-order valence-corrected chi connectivity index (χ1v) is 6.73. The van der Waals surface area contributed by atoms with Gasteiger partial charge < -0.3 is 25.9 Å². The SMILES string of the molecule is Nc1nc(C(C=O)=NOC(C(=O)O)c2ccc(O)c(O)c2)ns1. The van der Waals surface area contributed by atoms with E-state index < -0.39 is 23.6 Å². The van der Waals surface area contributed by atoms with Crippen LogP contribution in [0.25, 0.3) is 0 Å². The van der Waals surface area contributed by atoms with Crippen molar-refractivity contribution in [2.75, 3.05) is 5.73 Å². The van der Waals surface area contributed by atoms with Crippen molar-refractivity contribution >= 4 is 34.6 Å². The minimum absolute atomic E-state index is 0.00699. The molecule has 1 heterocycles. The largest absolute Gasteiger partial charge is 0.504 e. The molecular weight excluding hydrogens is 328 g/mol. The van der Waals surface area contributed by atoms with Gasteiger partial charge >= 0.3 is 5.97 Å². The number of nitrogen functional groups attached to an aromatic ring is 1. The summed E-state index contributed by atoms with van der Waals surface area (Å²) in [6.07, 6.45) is -1.33. The highest BCUT2D eigenvalue weighted by atomic mass is 32.1. The van der Waals surface area contributed by atoms with Crippen LogP contribution in [-0.2, 0) is 14.4 Å². The third-order valence-electron chi connectivity index (χ3n) is 2.57. The Balaban J connectivity index is 2.28. The summed E-state index contributed by atoms with van der Waals surface area (Å²) in [5.74, 6) is -2.46. The van der Waals surface area contributed by atoms with Crippen molar-refractivity contribution in [1.82, 2.24) is 9.36 Å². The van der Waals surface area contributed by atoms with Gasteiger partial charge in [0.1, 0.15) is 0 Å². The normalized spacial score (nSPS) is 12.6. The van der Waals surface area contributed by atoms with Crippen LogP contribution in [0.5, 0.6) is 11.5 Å². The van der Waals surface area contributed by atoms with Crippen molar-refractivity contribution in [3.8, 4) is 11.5 Å². The highest BCUT2D eigenvalue weighted by molar-refractivity contribution is 7.09. The average Bonchev–Trinajstić information content (AvgIpc) is 2.93. The number of benzene rings is 1. The molecule has 2 aromatic rings. The Bertz CT molecular complexity index is 775. The van der Waals surface area contributed by atoms with Gasteiger partial charge in [-0.05, 0) is 12.1 Å². The van der Waals surface area contributed by atoms with E-state index in [-0.39, 0.29) is 28.5 Å². The Labute approximate surface area is 132 Å². The van der Waals surface area contributed by atoms with Gasteiger partial charge in [0.15, 0.2) is 34.5 Å². The van der Waals surface area contributed by atoms with Gasteiger partial charge in [-0.1, -0.05) is 11.2 Å². The summed E-state index contributed by atoms with van der Waals surface area (Å²) in [6.45, 7) is 0. The molecule has 0 saturated carbocycles. The van der Waals surface area contributed by atoms with Crippen LogP contribution in [-0.4, -0.2) is 42.6 Å². The summed E-state index contributed by atoms with van der Waals surface area (Å²) in [5.41, 5.74) is 5.05. The van der Waals surface area contributed by atoms with E-state index in [4.69, 9.17) is 10.6 Å². The molecule has 23 heavy (non-hydrogen) atoms. The number of rotatable bonds is 6. The quantitative estimate of drug-likeness (QED) is 0.250. The van der Waals surface area contributed by atoms with E-state index in [1.165, 1.54) is 6.07 Å². The predicted molar refractivity (Wildman–Crippen MR) is 78.2 cm³/mol. The van der Waals surface area contributed by atoms with Crippen LogP contribution in [0.1, 0.15) is 17.5 Å². The van der Waals surface area contributed by atoms with Crippen molar-refractivity contribution in [2.24, 2.45) is 5.16 Å². The zero-order chi connectivity index (χ0) is 17.0. The Morgan fingerprint density at radius 1 is 1.39 bits per heavy atom. The first kappa shape index (κ1) is 16.2. The smallest absolute Gasteiger partial charge is 0.352 e. The number of nitrogens with two attached hydrogens (primary N) is 1. The van der Waals surface area contributed by atoms with Gasteiger partial charge in [0.25, 0.3) is 0 Å². The molecule has 120 valence electrons. The molecule has 0 amide bonds. The number of aromatic hydroxyl groups is 2. The molecule has 5 N–H and O–H groups in total. The molecule has 10 nitrogen and oxygen atoms in total. The van der Waals surface area contributed by atoms with Gasteiger partial charge in [0.2, 0.25) is 6.10 Å². The highest BCUT2D eigenvalue weighted by Crippen LogP contribution is 2.29. The number of phenolic OH excluding ortho intramolecular Hbond substituents is 2. The van der Waals surface area contributed by atoms with Crippen LogP contribution in [0.3, 0.4) is 0 Å². The lowest BCUT2D eigenvalue weighted by atomic mass is 10.1. The number of hydrogen-bond donors (Lipinski definition) is 4. The van der Waals surface area contributed by atoms with Gasteiger partial charge in [0.05, 0.1) is 0 Å². The number of oxime groups is 1. The molecule has 0 aliphatic rings. The molecule has 0 aliphatic carbocycles. The van der Waals surface area contributed by atoms with Crippen LogP contribution in [0.2, 0.25) is 0 Å². The fraction of sp³-hybridized carbons (Fsp3) is 0.0833. The van der Waals surface area contributed by atoms with E-state index in [1.54, 1.807) is 0 Å². The van der Waals surface area contributed by atoms with Gasteiger partial charge in [-0.15, -0.1) is 0 Å². The molecule has 11 heteroatoms. The number of anilines is 1. The van der Waals surface area contributed by atoms with E-state index in [9.17, 15) is 24.9 Å². The summed E-state index contributed by atoms with van der Waals surface area (Å²) in [6, 6.07) is 3.32. The second kappa shape index (κ2) is 6.70. The lowest BCUT2D eigenvalue weighted by molar-refractivity contribution is -0.151. The summed E-state index contributed by atoms with van der Waals surface area (Å²) in [5, 5.41) is 31.3. The molecule has 1 aromatic carbocycles. The van der Waals surface area contributed by atoms with Crippen molar-refractivity contribution in [3.05, 3.63) is 29.6 Å². The Hall–Kier alpha value is -3.21. The van der Waals surface area contributed by atoms with Crippen molar-refractivity contribution in [1.29, 1.82) is 0 Å². The third-order valence-corrected chi connectivity index (χ3v) is 3.11. The molecule has 0 saturated heterocycles. The molecule has 0 radical (unpaired) electrons. The van der Waals surface area contributed by atoms with Crippen molar-refractivity contribution in [3.63, 3.8) is 0 Å². The molecule has 1 unspecified atom stereocenters. The lowest BCUT2D eigenvalue weighted by Gasteiger charge is -2.11. The molecule has 1 aromatic heterocycles. The molecular formula is C12H10N4O6S.